The number of nitrogens with zero attached hydrogens (tertiary/aromatic N) is 2. The van der Waals surface area contributed by atoms with E-state index >= 15 is 0 Å². The molecule has 1 aliphatic rings. The van der Waals surface area contributed by atoms with Crippen LogP contribution in [-0.2, 0) is 4.79 Å². The van der Waals surface area contributed by atoms with Gasteiger partial charge in [-0.3, -0.25) is 4.79 Å². The summed E-state index contributed by atoms with van der Waals surface area (Å²) in [6.45, 7) is 0. The van der Waals surface area contributed by atoms with Gasteiger partial charge in [-0.25, -0.2) is 9.07 Å². The van der Waals surface area contributed by atoms with Crippen molar-refractivity contribution in [2.45, 2.75) is 12.3 Å². The summed E-state index contributed by atoms with van der Waals surface area (Å²) in [6.07, 6.45) is 1.84. The van der Waals surface area contributed by atoms with Crippen molar-refractivity contribution in [3.8, 4) is 22.9 Å². The molecule has 2 heterocycles. The van der Waals surface area contributed by atoms with E-state index in [0.29, 0.717) is 11.5 Å². The zero-order chi connectivity index (χ0) is 19.8. The zero-order valence-corrected chi connectivity index (χ0v) is 15.3. The SMILES string of the molecule is COc1cc(C2CC(=O)Nc3c2cnn3-c2cccc(F)c2)cc(OC)c1O. The summed E-state index contributed by atoms with van der Waals surface area (Å²) in [5.41, 5.74) is 2.02. The first-order valence-corrected chi connectivity index (χ1v) is 8.60. The average Bonchev–Trinajstić information content (AvgIpc) is 3.11. The van der Waals surface area contributed by atoms with Crippen molar-refractivity contribution >= 4 is 11.7 Å². The summed E-state index contributed by atoms with van der Waals surface area (Å²) in [7, 11) is 2.89. The van der Waals surface area contributed by atoms with Crippen molar-refractivity contribution in [1.82, 2.24) is 9.78 Å². The van der Waals surface area contributed by atoms with Gasteiger partial charge < -0.3 is 19.9 Å². The molecule has 0 saturated carbocycles. The Morgan fingerprint density at radius 3 is 2.57 bits per heavy atom. The maximum atomic E-state index is 13.6. The van der Waals surface area contributed by atoms with E-state index in [1.807, 2.05) is 0 Å². The summed E-state index contributed by atoms with van der Waals surface area (Å²) >= 11 is 0. The number of halogens is 1. The molecule has 1 atom stereocenters. The van der Waals surface area contributed by atoms with Crippen molar-refractivity contribution < 1.29 is 23.8 Å². The number of phenolic OH excluding ortho intramolecular Hbond substituents is 1. The smallest absolute Gasteiger partial charge is 0.226 e. The Bertz CT molecular complexity index is 1040. The minimum Gasteiger partial charge on any atom is -0.502 e. The van der Waals surface area contributed by atoms with E-state index in [9.17, 15) is 14.3 Å². The summed E-state index contributed by atoms with van der Waals surface area (Å²) in [5.74, 6) is -0.0362. The Morgan fingerprint density at radius 1 is 1.21 bits per heavy atom. The average molecular weight is 383 g/mol. The van der Waals surface area contributed by atoms with Gasteiger partial charge in [0.1, 0.15) is 11.6 Å². The molecule has 2 aromatic carbocycles. The number of fused-ring (bicyclic) bond motifs is 1. The van der Waals surface area contributed by atoms with E-state index in [1.54, 1.807) is 30.5 Å². The Balaban J connectivity index is 1.84. The lowest BCUT2D eigenvalue weighted by Crippen LogP contribution is -2.24. The monoisotopic (exact) mass is 383 g/mol. The van der Waals surface area contributed by atoms with Crippen LogP contribution >= 0.6 is 0 Å². The van der Waals surface area contributed by atoms with Crippen LogP contribution in [0.3, 0.4) is 0 Å². The highest BCUT2D eigenvalue weighted by Crippen LogP contribution is 2.44. The van der Waals surface area contributed by atoms with E-state index < -0.39 is 5.82 Å². The molecule has 1 unspecified atom stereocenters. The molecule has 0 radical (unpaired) electrons. The molecule has 1 amide bonds. The van der Waals surface area contributed by atoms with E-state index in [1.165, 1.54) is 31.0 Å². The number of amides is 1. The number of ether oxygens (including phenoxy) is 2. The van der Waals surface area contributed by atoms with Crippen LogP contribution in [0, 0.1) is 5.82 Å². The van der Waals surface area contributed by atoms with Gasteiger partial charge in [-0.1, -0.05) is 6.07 Å². The Kier molecular flexibility index (Phi) is 4.38. The minimum atomic E-state index is -0.395. The molecule has 7 nitrogen and oxygen atoms in total. The van der Waals surface area contributed by atoms with Crippen LogP contribution in [0.2, 0.25) is 0 Å². The van der Waals surface area contributed by atoms with Crippen LogP contribution in [0.15, 0.2) is 42.6 Å². The first-order chi connectivity index (χ1) is 13.5. The van der Waals surface area contributed by atoms with Crippen LogP contribution in [0.4, 0.5) is 10.2 Å². The van der Waals surface area contributed by atoms with E-state index in [-0.39, 0.29) is 35.5 Å². The second-order valence-corrected chi connectivity index (χ2v) is 6.42. The van der Waals surface area contributed by atoms with Gasteiger partial charge in [-0.05, 0) is 35.9 Å². The van der Waals surface area contributed by atoms with E-state index in [0.717, 1.165) is 11.1 Å². The fraction of sp³-hybridized carbons (Fsp3) is 0.200. The first kappa shape index (κ1) is 17.8. The van der Waals surface area contributed by atoms with Gasteiger partial charge in [0, 0.05) is 17.9 Å². The lowest BCUT2D eigenvalue weighted by Gasteiger charge is -2.24. The van der Waals surface area contributed by atoms with Gasteiger partial charge in [0.05, 0.1) is 26.1 Å². The lowest BCUT2D eigenvalue weighted by molar-refractivity contribution is -0.116. The van der Waals surface area contributed by atoms with Gasteiger partial charge in [0.15, 0.2) is 11.5 Å². The third kappa shape index (κ3) is 2.92. The van der Waals surface area contributed by atoms with E-state index in [4.69, 9.17) is 9.47 Å². The lowest BCUT2D eigenvalue weighted by atomic mass is 9.87. The molecule has 144 valence electrons. The summed E-state index contributed by atoms with van der Waals surface area (Å²) < 4.78 is 25.6. The predicted octanol–water partition coefficient (Wildman–Crippen LogP) is 3.21. The number of hydrogen-bond donors (Lipinski definition) is 2. The van der Waals surface area contributed by atoms with Crippen molar-refractivity contribution in [3.05, 3.63) is 59.5 Å². The van der Waals surface area contributed by atoms with Gasteiger partial charge in [0.25, 0.3) is 0 Å². The normalized spacial score (nSPS) is 15.7. The first-order valence-electron chi connectivity index (χ1n) is 8.60. The number of methoxy groups -OCH3 is 2. The third-order valence-corrected chi connectivity index (χ3v) is 4.78. The Morgan fingerprint density at radius 2 is 1.93 bits per heavy atom. The molecule has 0 aliphatic carbocycles. The molecular weight excluding hydrogens is 365 g/mol. The van der Waals surface area contributed by atoms with Crippen molar-refractivity contribution in [2.24, 2.45) is 0 Å². The molecule has 4 rings (SSSR count). The van der Waals surface area contributed by atoms with Crippen LogP contribution in [0.25, 0.3) is 5.69 Å². The highest BCUT2D eigenvalue weighted by atomic mass is 19.1. The molecule has 3 aromatic rings. The largest absolute Gasteiger partial charge is 0.502 e. The van der Waals surface area contributed by atoms with Gasteiger partial charge >= 0.3 is 0 Å². The molecule has 1 aliphatic heterocycles. The predicted molar refractivity (Wildman–Crippen MR) is 99.8 cm³/mol. The topological polar surface area (TPSA) is 85.6 Å². The Labute approximate surface area is 160 Å². The number of aromatic hydroxyl groups is 1. The van der Waals surface area contributed by atoms with Crippen LogP contribution < -0.4 is 14.8 Å². The quantitative estimate of drug-likeness (QED) is 0.723. The maximum absolute atomic E-state index is 13.6. The number of nitrogens with one attached hydrogen (secondary N) is 1. The molecule has 0 saturated heterocycles. The number of anilines is 1. The molecule has 0 bridgehead atoms. The summed E-state index contributed by atoms with van der Waals surface area (Å²) in [6, 6.07) is 9.32. The van der Waals surface area contributed by atoms with Crippen LogP contribution in [0.1, 0.15) is 23.5 Å². The van der Waals surface area contributed by atoms with Crippen LogP contribution in [0.5, 0.6) is 17.2 Å². The molecule has 8 heteroatoms. The molecule has 28 heavy (non-hydrogen) atoms. The van der Waals surface area contributed by atoms with E-state index in [2.05, 4.69) is 10.4 Å². The number of rotatable bonds is 4. The minimum absolute atomic E-state index is 0.107. The molecule has 1 aromatic heterocycles. The molecule has 0 fully saturated rings. The number of phenols is 1. The Hall–Kier alpha value is -3.55. The number of carbonyl (C=O) groups is 1. The highest BCUT2D eigenvalue weighted by Gasteiger charge is 2.31. The molecular formula is C20H18FN3O4. The summed E-state index contributed by atoms with van der Waals surface area (Å²) in [4.78, 5) is 12.4. The standard InChI is InChI=1S/C20H18FN3O4/c1-27-16-6-11(7-17(28-2)19(16)26)14-9-18(25)23-20-15(14)10-22-24(20)13-5-3-4-12(21)8-13/h3-8,10,14,26H,9H2,1-2H3,(H,23,25). The van der Waals surface area contributed by atoms with Crippen molar-refractivity contribution in [2.75, 3.05) is 19.5 Å². The number of benzene rings is 2. The van der Waals surface area contributed by atoms with Gasteiger partial charge in [-0.15, -0.1) is 0 Å². The second-order valence-electron chi connectivity index (χ2n) is 6.42. The van der Waals surface area contributed by atoms with Gasteiger partial charge in [-0.2, -0.15) is 5.10 Å². The van der Waals surface area contributed by atoms with Crippen molar-refractivity contribution in [3.63, 3.8) is 0 Å². The second kappa shape index (κ2) is 6.88. The fourth-order valence-corrected chi connectivity index (χ4v) is 3.44. The fourth-order valence-electron chi connectivity index (χ4n) is 3.44. The van der Waals surface area contributed by atoms with Crippen molar-refractivity contribution in [1.29, 1.82) is 0 Å². The summed E-state index contributed by atoms with van der Waals surface area (Å²) in [5, 5.41) is 17.3. The van der Waals surface area contributed by atoms with Crippen LogP contribution in [-0.4, -0.2) is 35.0 Å². The third-order valence-electron chi connectivity index (χ3n) is 4.78. The molecule has 2 N–H and O–H groups in total. The maximum Gasteiger partial charge on any atom is 0.226 e. The molecule has 0 spiro atoms. The highest BCUT2D eigenvalue weighted by molar-refractivity contribution is 5.94. The van der Waals surface area contributed by atoms with Gasteiger partial charge in [0.2, 0.25) is 11.7 Å². The number of aromatic nitrogens is 2. The number of carbonyl (C=O) groups excluding carboxylic acids is 1. The zero-order valence-electron chi connectivity index (χ0n) is 15.3. The number of hydrogen-bond acceptors (Lipinski definition) is 5.